The molecule has 0 rings (SSSR count). The summed E-state index contributed by atoms with van der Waals surface area (Å²) >= 11 is 0. The van der Waals surface area contributed by atoms with Crippen molar-refractivity contribution < 1.29 is 25.5 Å². The molecule has 6 nitrogen and oxygen atoms in total. The van der Waals surface area contributed by atoms with Crippen LogP contribution in [0.5, 0.6) is 0 Å². The van der Waals surface area contributed by atoms with Crippen molar-refractivity contribution in [2.45, 2.75) is 12.8 Å². The zero-order chi connectivity index (χ0) is 8.15. The van der Waals surface area contributed by atoms with Gasteiger partial charge in [0.15, 0.2) is 0 Å². The molecule has 62 valence electrons. The molecule has 0 bridgehead atoms. The fourth-order valence-corrected chi connectivity index (χ4v) is 0.466. The highest BCUT2D eigenvalue weighted by Crippen LogP contribution is 1.94. The summed E-state index contributed by atoms with van der Waals surface area (Å²) < 4.78 is 0. The zero-order valence-electron chi connectivity index (χ0n) is 5.25. The predicted octanol–water partition coefficient (Wildman–Crippen LogP) is -3.18. The summed E-state index contributed by atoms with van der Waals surface area (Å²) in [7, 11) is 0. The largest absolute Gasteiger partial charge is 0.395 e. The zero-order valence-corrected chi connectivity index (χ0v) is 5.25. The third kappa shape index (κ3) is 3.06. The number of nitrogens with zero attached hydrogens (tertiary/aromatic N) is 1. The average Bonchev–Trinajstić information content (AvgIpc) is 1.81. The first kappa shape index (κ1) is 9.76. The molecule has 0 aliphatic rings. The van der Waals surface area contributed by atoms with E-state index in [1.54, 1.807) is 0 Å². The molecule has 10 heavy (non-hydrogen) atoms. The molecular formula is C4H11NO5. The molecule has 0 aliphatic heterocycles. The Morgan fingerprint density at radius 1 is 1.00 bits per heavy atom. The quantitative estimate of drug-likeness (QED) is 0.273. The van der Waals surface area contributed by atoms with Crippen molar-refractivity contribution >= 4 is 0 Å². The highest BCUT2D eigenvalue weighted by atomic mass is 16.5. The van der Waals surface area contributed by atoms with E-state index >= 15 is 0 Å². The summed E-state index contributed by atoms with van der Waals surface area (Å²) in [6.07, 6.45) is -3.93. The first-order chi connectivity index (χ1) is 4.59. The minimum Gasteiger partial charge on any atom is -0.395 e. The Hall–Kier alpha value is -0.240. The molecule has 0 amide bonds. The van der Waals surface area contributed by atoms with Gasteiger partial charge in [-0.25, -0.2) is 4.90 Å². The molecule has 0 radical (unpaired) electrons. The lowest BCUT2D eigenvalue weighted by Gasteiger charge is -2.23. The van der Waals surface area contributed by atoms with Gasteiger partial charge in [-0.2, -0.15) is 0 Å². The van der Waals surface area contributed by atoms with E-state index in [0.29, 0.717) is 4.90 Å². The van der Waals surface area contributed by atoms with Crippen molar-refractivity contribution in [3.8, 4) is 0 Å². The summed E-state index contributed by atoms with van der Waals surface area (Å²) in [6, 6.07) is 0. The van der Waals surface area contributed by atoms with Crippen molar-refractivity contribution in [2.24, 2.45) is 0 Å². The average molecular weight is 153 g/mol. The summed E-state index contributed by atoms with van der Waals surface area (Å²) in [4.78, 5) is 0.486. The lowest BCUT2D eigenvalue weighted by atomic mass is 10.6. The van der Waals surface area contributed by atoms with Gasteiger partial charge < -0.3 is 25.5 Å². The van der Waals surface area contributed by atoms with Crippen LogP contribution in [0.1, 0.15) is 0 Å². The highest BCUT2D eigenvalue weighted by Gasteiger charge is 2.17. The summed E-state index contributed by atoms with van der Waals surface area (Å²) in [5.74, 6) is 0. The van der Waals surface area contributed by atoms with Gasteiger partial charge in [0.05, 0.1) is 6.61 Å². The normalized spacial score (nSPS) is 12.0. The molecule has 0 heterocycles. The van der Waals surface area contributed by atoms with Crippen LogP contribution in [0.15, 0.2) is 0 Å². The third-order valence-electron chi connectivity index (χ3n) is 0.951. The van der Waals surface area contributed by atoms with Crippen LogP contribution in [0.2, 0.25) is 0 Å². The highest BCUT2D eigenvalue weighted by molar-refractivity contribution is 4.48. The fourth-order valence-electron chi connectivity index (χ4n) is 0.466. The molecule has 6 heteroatoms. The van der Waals surface area contributed by atoms with E-state index in [2.05, 4.69) is 0 Å². The molecule has 0 saturated heterocycles. The van der Waals surface area contributed by atoms with Crippen LogP contribution in [-0.4, -0.2) is 56.4 Å². The van der Waals surface area contributed by atoms with Gasteiger partial charge in [-0.15, -0.1) is 0 Å². The number of rotatable bonds is 4. The van der Waals surface area contributed by atoms with Crippen molar-refractivity contribution in [1.82, 2.24) is 4.90 Å². The van der Waals surface area contributed by atoms with Crippen LogP contribution in [-0.2, 0) is 0 Å². The van der Waals surface area contributed by atoms with Gasteiger partial charge in [0.25, 0.3) is 0 Å². The first-order valence-corrected chi connectivity index (χ1v) is 2.68. The van der Waals surface area contributed by atoms with Gasteiger partial charge in [0.2, 0.25) is 12.8 Å². The first-order valence-electron chi connectivity index (χ1n) is 2.68. The van der Waals surface area contributed by atoms with E-state index in [9.17, 15) is 0 Å². The topological polar surface area (TPSA) is 104 Å². The maximum Gasteiger partial charge on any atom is 0.217 e. The van der Waals surface area contributed by atoms with Crippen LogP contribution < -0.4 is 0 Å². The number of hydrogen-bond donors (Lipinski definition) is 5. The molecule has 0 spiro atoms. The Kier molecular flexibility index (Phi) is 4.45. The molecule has 0 aromatic heterocycles. The number of hydrogen-bond acceptors (Lipinski definition) is 6. The molecule has 0 aromatic rings. The van der Waals surface area contributed by atoms with Crippen LogP contribution >= 0.6 is 0 Å². The molecule has 0 aliphatic carbocycles. The second-order valence-electron chi connectivity index (χ2n) is 1.65. The van der Waals surface area contributed by atoms with Crippen molar-refractivity contribution in [2.75, 3.05) is 13.2 Å². The Labute approximate surface area is 57.6 Å². The second kappa shape index (κ2) is 4.56. The molecule has 0 unspecified atom stereocenters. The molecule has 0 aromatic carbocycles. The SMILES string of the molecule is OCCN(C(O)O)C(O)O. The maximum absolute atomic E-state index is 8.36. The smallest absolute Gasteiger partial charge is 0.217 e. The fraction of sp³-hybridized carbons (Fsp3) is 1.00. The van der Waals surface area contributed by atoms with Gasteiger partial charge in [-0.1, -0.05) is 0 Å². The van der Waals surface area contributed by atoms with Crippen LogP contribution in [0, 0.1) is 0 Å². The van der Waals surface area contributed by atoms with Gasteiger partial charge in [-0.3, -0.25) is 0 Å². The minimum absolute atomic E-state index is 0.213. The van der Waals surface area contributed by atoms with Crippen molar-refractivity contribution in [3.63, 3.8) is 0 Å². The molecule has 0 saturated carbocycles. The van der Waals surface area contributed by atoms with E-state index in [0.717, 1.165) is 0 Å². The van der Waals surface area contributed by atoms with Gasteiger partial charge >= 0.3 is 0 Å². The van der Waals surface area contributed by atoms with Crippen LogP contribution in [0.3, 0.4) is 0 Å². The molecule has 0 atom stereocenters. The van der Waals surface area contributed by atoms with Crippen molar-refractivity contribution in [1.29, 1.82) is 0 Å². The minimum atomic E-state index is -1.97. The monoisotopic (exact) mass is 153 g/mol. The van der Waals surface area contributed by atoms with Crippen LogP contribution in [0.25, 0.3) is 0 Å². The Morgan fingerprint density at radius 2 is 1.40 bits per heavy atom. The Bertz CT molecular complexity index is 77.7. The Balaban J connectivity index is 3.73. The van der Waals surface area contributed by atoms with E-state index in [1.165, 1.54) is 0 Å². The van der Waals surface area contributed by atoms with Gasteiger partial charge in [-0.05, 0) is 0 Å². The van der Waals surface area contributed by atoms with Gasteiger partial charge in [0, 0.05) is 6.54 Å². The lowest BCUT2D eigenvalue weighted by molar-refractivity contribution is -0.266. The van der Waals surface area contributed by atoms with Crippen LogP contribution in [0.4, 0.5) is 0 Å². The van der Waals surface area contributed by atoms with E-state index in [1.807, 2.05) is 0 Å². The van der Waals surface area contributed by atoms with E-state index in [4.69, 9.17) is 25.5 Å². The molecule has 5 N–H and O–H groups in total. The summed E-state index contributed by atoms with van der Waals surface area (Å²) in [6.45, 7) is -0.593. The molecule has 0 fully saturated rings. The predicted molar refractivity (Wildman–Crippen MR) is 30.2 cm³/mol. The number of aliphatic hydroxyl groups excluding tert-OH is 3. The maximum atomic E-state index is 8.36. The second-order valence-corrected chi connectivity index (χ2v) is 1.65. The Morgan fingerprint density at radius 3 is 1.50 bits per heavy atom. The van der Waals surface area contributed by atoms with E-state index in [-0.39, 0.29) is 13.2 Å². The third-order valence-corrected chi connectivity index (χ3v) is 0.951. The summed E-state index contributed by atoms with van der Waals surface area (Å²) in [5.41, 5.74) is 0. The number of aliphatic hydroxyl groups is 5. The lowest BCUT2D eigenvalue weighted by Crippen LogP contribution is -2.44. The molecular weight excluding hydrogens is 142 g/mol. The van der Waals surface area contributed by atoms with E-state index < -0.39 is 12.8 Å². The standard InChI is InChI=1S/C4H11NO5/c6-2-1-5(3(7)8)4(9)10/h3-4,6-10H,1-2H2. The van der Waals surface area contributed by atoms with Gasteiger partial charge in [0.1, 0.15) is 0 Å². The van der Waals surface area contributed by atoms with Crippen molar-refractivity contribution in [3.05, 3.63) is 0 Å². The summed E-state index contributed by atoms with van der Waals surface area (Å²) in [5, 5.41) is 41.7.